The first kappa shape index (κ1) is 15.7. The van der Waals surface area contributed by atoms with Gasteiger partial charge < -0.3 is 4.74 Å². The minimum atomic E-state index is -0.245. The van der Waals surface area contributed by atoms with Gasteiger partial charge in [0.25, 0.3) is 0 Å². The third kappa shape index (κ3) is 15.0. The summed E-state index contributed by atoms with van der Waals surface area (Å²) >= 11 is 0. The van der Waals surface area contributed by atoms with E-state index < -0.39 is 0 Å². The molecule has 0 bridgehead atoms. The van der Waals surface area contributed by atoms with Crippen molar-refractivity contribution in [1.29, 1.82) is 0 Å². The van der Waals surface area contributed by atoms with Crippen molar-refractivity contribution >= 4 is 5.97 Å². The molecule has 84 valence electrons. The van der Waals surface area contributed by atoms with Crippen LogP contribution >= 0.6 is 0 Å². The van der Waals surface area contributed by atoms with Crippen LogP contribution in [0.5, 0.6) is 0 Å². The average Bonchev–Trinajstić information content (AvgIpc) is 2.52. The predicted molar refractivity (Wildman–Crippen MR) is 60.1 cm³/mol. The molecule has 15 heavy (non-hydrogen) atoms. The molecule has 0 aliphatic rings. The Morgan fingerprint density at radius 1 is 1.67 bits per heavy atom. The molecular formula is C11H18N2O2. The Bertz CT molecular complexity index is 294. The van der Waals surface area contributed by atoms with Crippen molar-refractivity contribution in [2.45, 2.75) is 20.8 Å². The highest BCUT2D eigenvalue weighted by molar-refractivity contribution is 5.65. The minimum Gasteiger partial charge on any atom is -0.469 e. The first-order valence-electron chi connectivity index (χ1n) is 4.35. The van der Waals surface area contributed by atoms with Crippen molar-refractivity contribution in [3.63, 3.8) is 0 Å². The number of rotatable bonds is 0. The van der Waals surface area contributed by atoms with Gasteiger partial charge in [0.1, 0.15) is 0 Å². The third-order valence-electron chi connectivity index (χ3n) is 1.12. The van der Waals surface area contributed by atoms with Gasteiger partial charge in [0.15, 0.2) is 0 Å². The highest BCUT2D eigenvalue weighted by atomic mass is 16.5. The fraction of sp³-hybridized carbons (Fsp3) is 0.455. The van der Waals surface area contributed by atoms with E-state index in [1.54, 1.807) is 11.6 Å². The molecule has 0 amide bonds. The summed E-state index contributed by atoms with van der Waals surface area (Å²) in [5, 5.41) is 3.93. The predicted octanol–water partition coefficient (Wildman–Crippen LogP) is 1.55. The largest absolute Gasteiger partial charge is 0.469 e. The summed E-state index contributed by atoms with van der Waals surface area (Å²) < 4.78 is 5.90. The van der Waals surface area contributed by atoms with Crippen LogP contribution in [-0.4, -0.2) is 22.9 Å². The van der Waals surface area contributed by atoms with E-state index in [9.17, 15) is 4.79 Å². The van der Waals surface area contributed by atoms with Crippen molar-refractivity contribution in [2.75, 3.05) is 7.11 Å². The topological polar surface area (TPSA) is 44.1 Å². The van der Waals surface area contributed by atoms with Crippen LogP contribution in [0.4, 0.5) is 0 Å². The molecule has 0 radical (unpaired) electrons. The van der Waals surface area contributed by atoms with Crippen molar-refractivity contribution in [3.8, 4) is 12.3 Å². The number of hydrogen-bond donors (Lipinski definition) is 0. The Kier molecular flexibility index (Phi) is 10.8. The molecule has 1 rings (SSSR count). The summed E-state index contributed by atoms with van der Waals surface area (Å²) in [5.74, 6) is 2.00. The van der Waals surface area contributed by atoms with Gasteiger partial charge in [-0.2, -0.15) is 5.10 Å². The van der Waals surface area contributed by atoms with E-state index in [-0.39, 0.29) is 5.97 Å². The van der Waals surface area contributed by atoms with Crippen LogP contribution in [0, 0.1) is 19.3 Å². The van der Waals surface area contributed by atoms with Crippen LogP contribution < -0.4 is 0 Å². The molecule has 1 heterocycles. The summed E-state index contributed by atoms with van der Waals surface area (Å²) in [6, 6.07) is 0. The molecule has 4 nitrogen and oxygen atoms in total. The number of carbonyl (C=O) groups excluding carboxylic acids is 1. The maximum atomic E-state index is 9.59. The molecule has 0 aromatic carbocycles. The van der Waals surface area contributed by atoms with E-state index >= 15 is 0 Å². The van der Waals surface area contributed by atoms with Gasteiger partial charge in [-0.15, -0.1) is 12.3 Å². The molecule has 1 aromatic heterocycles. The molecule has 0 saturated carbocycles. The molecule has 0 unspecified atom stereocenters. The second kappa shape index (κ2) is 10.3. The Morgan fingerprint density at radius 3 is 2.13 bits per heavy atom. The van der Waals surface area contributed by atoms with E-state index in [0.717, 1.165) is 0 Å². The average molecular weight is 210 g/mol. The number of carbonyl (C=O) groups is 1. The summed E-state index contributed by atoms with van der Waals surface area (Å²) in [6.45, 7) is 5.03. The minimum absolute atomic E-state index is 0.245. The Balaban J connectivity index is 0. The number of ether oxygens (including phenoxy) is 1. The second-order valence-corrected chi connectivity index (χ2v) is 2.68. The fourth-order valence-corrected chi connectivity index (χ4v) is 0.544. The first-order valence-corrected chi connectivity index (χ1v) is 4.35. The van der Waals surface area contributed by atoms with Gasteiger partial charge in [-0.25, -0.2) is 0 Å². The summed E-state index contributed by atoms with van der Waals surface area (Å²) in [4.78, 5) is 9.59. The molecule has 0 N–H and O–H groups in total. The molecule has 0 aliphatic carbocycles. The van der Waals surface area contributed by atoms with Gasteiger partial charge in [0, 0.05) is 20.2 Å². The molecule has 4 heteroatoms. The Morgan fingerprint density at radius 2 is 2.07 bits per heavy atom. The van der Waals surface area contributed by atoms with Gasteiger partial charge in [0.05, 0.1) is 13.3 Å². The smallest absolute Gasteiger partial charge is 0.302 e. The summed E-state index contributed by atoms with van der Waals surface area (Å²) in [7, 11) is 3.26. The maximum Gasteiger partial charge on any atom is 0.302 e. The lowest BCUT2D eigenvalue weighted by molar-refractivity contribution is -0.137. The number of esters is 1. The van der Waals surface area contributed by atoms with E-state index in [1.165, 1.54) is 19.6 Å². The number of aryl methyl sites for hydroxylation is 2. The van der Waals surface area contributed by atoms with Gasteiger partial charge in [-0.05, 0) is 19.4 Å². The van der Waals surface area contributed by atoms with Crippen molar-refractivity contribution in [2.24, 2.45) is 7.05 Å². The molecule has 0 atom stereocenters. The second-order valence-electron chi connectivity index (χ2n) is 2.68. The van der Waals surface area contributed by atoms with Gasteiger partial charge in [-0.3, -0.25) is 9.48 Å². The van der Waals surface area contributed by atoms with E-state index in [4.69, 9.17) is 0 Å². The fourth-order valence-electron chi connectivity index (χ4n) is 0.544. The van der Waals surface area contributed by atoms with Gasteiger partial charge in [-0.1, -0.05) is 0 Å². The van der Waals surface area contributed by atoms with Crippen LogP contribution in [0.1, 0.15) is 19.4 Å². The number of aromatic nitrogens is 2. The maximum absolute atomic E-state index is 9.59. The summed E-state index contributed by atoms with van der Waals surface area (Å²) in [5.41, 5.74) is 1.21. The zero-order valence-electron chi connectivity index (χ0n) is 9.94. The van der Waals surface area contributed by atoms with Crippen LogP contribution in [0.15, 0.2) is 12.4 Å². The number of terminal acetylenes is 1. The molecular weight excluding hydrogens is 192 g/mol. The summed E-state index contributed by atoms with van der Waals surface area (Å²) in [6.07, 6.45) is 8.40. The number of nitrogens with zero attached hydrogens (tertiary/aromatic N) is 2. The number of hydrogen-bond acceptors (Lipinski definition) is 3. The molecule has 0 spiro atoms. The van der Waals surface area contributed by atoms with Crippen molar-refractivity contribution < 1.29 is 9.53 Å². The molecule has 0 aliphatic heterocycles. The monoisotopic (exact) mass is 210 g/mol. The highest BCUT2D eigenvalue weighted by Gasteiger charge is 1.81. The van der Waals surface area contributed by atoms with Crippen LogP contribution in [0.3, 0.4) is 0 Å². The van der Waals surface area contributed by atoms with Crippen LogP contribution in [0.25, 0.3) is 0 Å². The van der Waals surface area contributed by atoms with Crippen LogP contribution in [0.2, 0.25) is 0 Å². The molecule has 1 aromatic rings. The van der Waals surface area contributed by atoms with E-state index in [2.05, 4.69) is 22.2 Å². The van der Waals surface area contributed by atoms with Gasteiger partial charge in [0.2, 0.25) is 0 Å². The lowest BCUT2D eigenvalue weighted by Gasteiger charge is -1.80. The SMILES string of the molecule is C#CC.COC(C)=O.Cc1cnn(C)c1. The standard InChI is InChI=1S/C5H8N2.C3H6O2.C3H4/c1-5-3-6-7(2)4-5;1-3(4)5-2;1-3-2/h3-4H,1-2H3;1-2H3;1H,2H3. The Hall–Kier alpha value is -1.76. The quantitative estimate of drug-likeness (QED) is 0.482. The van der Waals surface area contributed by atoms with Crippen molar-refractivity contribution in [1.82, 2.24) is 9.78 Å². The van der Waals surface area contributed by atoms with Crippen molar-refractivity contribution in [3.05, 3.63) is 18.0 Å². The zero-order chi connectivity index (χ0) is 12.3. The first-order chi connectivity index (χ1) is 6.97. The zero-order valence-corrected chi connectivity index (χ0v) is 9.94. The van der Waals surface area contributed by atoms with Gasteiger partial charge >= 0.3 is 5.97 Å². The molecule has 0 saturated heterocycles. The third-order valence-corrected chi connectivity index (χ3v) is 1.12. The molecule has 0 fully saturated rings. The lowest BCUT2D eigenvalue weighted by Crippen LogP contribution is -1.88. The normalized spacial score (nSPS) is 7.20. The van der Waals surface area contributed by atoms with Crippen LogP contribution in [-0.2, 0) is 16.6 Å². The number of methoxy groups -OCH3 is 1. The van der Waals surface area contributed by atoms with E-state index in [1.807, 2.05) is 26.4 Å². The lowest BCUT2D eigenvalue weighted by atomic mass is 10.4. The van der Waals surface area contributed by atoms with E-state index in [0.29, 0.717) is 0 Å². The Labute approximate surface area is 91.2 Å². The highest BCUT2D eigenvalue weighted by Crippen LogP contribution is 1.88.